The Kier molecular flexibility index (Phi) is 8.58. The fourth-order valence-corrected chi connectivity index (χ4v) is 3.79. The number of benzene rings is 1. The van der Waals surface area contributed by atoms with E-state index in [2.05, 4.69) is 17.2 Å². The van der Waals surface area contributed by atoms with Crippen molar-refractivity contribution in [3.05, 3.63) is 81.2 Å². The second kappa shape index (κ2) is 11.1. The van der Waals surface area contributed by atoms with E-state index in [0.29, 0.717) is 15.5 Å². The van der Waals surface area contributed by atoms with E-state index < -0.39 is 17.8 Å². The van der Waals surface area contributed by atoms with Crippen LogP contribution in [0.25, 0.3) is 11.6 Å². The average Bonchev–Trinajstić information content (AvgIpc) is 3.16. The first-order valence-corrected chi connectivity index (χ1v) is 10.2. The van der Waals surface area contributed by atoms with E-state index in [1.807, 2.05) is 19.1 Å². The molecule has 0 unspecified atom stereocenters. The molecule has 0 spiro atoms. The molecule has 1 aromatic heterocycles. The van der Waals surface area contributed by atoms with E-state index in [-0.39, 0.29) is 18.7 Å². The van der Waals surface area contributed by atoms with Gasteiger partial charge in [0.1, 0.15) is 5.70 Å². The van der Waals surface area contributed by atoms with Gasteiger partial charge in [-0.1, -0.05) is 42.5 Å². The summed E-state index contributed by atoms with van der Waals surface area (Å²) < 4.78 is 0. The van der Waals surface area contributed by atoms with Gasteiger partial charge in [-0.15, -0.1) is 11.3 Å². The zero-order valence-electron chi connectivity index (χ0n) is 16.3. The largest absolute Gasteiger partial charge is 0.481 e. The highest BCUT2D eigenvalue weighted by molar-refractivity contribution is 7.14. The number of carbonyl (C=O) groups is 3. The van der Waals surface area contributed by atoms with E-state index in [1.54, 1.807) is 36.4 Å². The first-order chi connectivity index (χ1) is 14.3. The predicted octanol–water partition coefficient (Wildman–Crippen LogP) is 4.27. The molecule has 1 heterocycles. The summed E-state index contributed by atoms with van der Waals surface area (Å²) >= 11 is 7.40. The average molecular weight is 445 g/mol. The summed E-state index contributed by atoms with van der Waals surface area (Å²) in [5.41, 5.74) is 1.18. The summed E-state index contributed by atoms with van der Waals surface area (Å²) in [7, 11) is 0. The van der Waals surface area contributed by atoms with Crippen LogP contribution in [0.3, 0.4) is 0 Å². The van der Waals surface area contributed by atoms with Crippen LogP contribution in [-0.2, 0) is 9.59 Å². The normalized spacial score (nSPS) is 11.7. The minimum atomic E-state index is -1.03. The predicted molar refractivity (Wildman–Crippen MR) is 120 cm³/mol. The number of thiophene rings is 1. The van der Waals surface area contributed by atoms with Crippen LogP contribution in [0.1, 0.15) is 33.5 Å². The molecule has 0 aliphatic rings. The van der Waals surface area contributed by atoms with Gasteiger partial charge in [-0.3, -0.25) is 14.4 Å². The molecule has 3 N–H and O–H groups in total. The van der Waals surface area contributed by atoms with E-state index in [1.165, 1.54) is 17.4 Å². The summed E-state index contributed by atoms with van der Waals surface area (Å²) in [5.74, 6) is -2.06. The lowest BCUT2D eigenvalue weighted by Gasteiger charge is -2.10. The number of halogens is 1. The molecule has 1 aromatic carbocycles. The van der Waals surface area contributed by atoms with Gasteiger partial charge < -0.3 is 15.7 Å². The van der Waals surface area contributed by atoms with Crippen LogP contribution < -0.4 is 10.6 Å². The number of carboxylic acids is 1. The molecule has 0 bridgehead atoms. The molecule has 156 valence electrons. The van der Waals surface area contributed by atoms with Crippen molar-refractivity contribution in [3.8, 4) is 0 Å². The maximum absolute atomic E-state index is 12.6. The number of amides is 2. The van der Waals surface area contributed by atoms with E-state index >= 15 is 0 Å². The molecule has 0 atom stereocenters. The number of aliphatic carboxylic acids is 1. The molecule has 0 radical (unpaired) electrons. The zero-order valence-corrected chi connectivity index (χ0v) is 17.8. The molecule has 2 aromatic rings. The Labute approximate surface area is 183 Å². The van der Waals surface area contributed by atoms with Gasteiger partial charge in [0, 0.05) is 32.5 Å². The Hall–Kier alpha value is -3.16. The van der Waals surface area contributed by atoms with Crippen LogP contribution in [0.5, 0.6) is 0 Å². The van der Waals surface area contributed by atoms with Crippen LogP contribution in [0.15, 0.2) is 65.8 Å². The van der Waals surface area contributed by atoms with Crippen LogP contribution in [-0.4, -0.2) is 29.4 Å². The Morgan fingerprint density at radius 2 is 1.87 bits per heavy atom. The summed E-state index contributed by atoms with van der Waals surface area (Å²) in [6.45, 7) is 5.53. The molecular weight excluding hydrogens is 424 g/mol. The SMILES string of the molecule is C=C(Cl)C(=CC)c1ccc(C=C(NC(=O)c2ccccc2)C(=O)NCCC(=O)O)s1. The maximum Gasteiger partial charge on any atom is 0.305 e. The quantitative estimate of drug-likeness (QED) is 0.397. The van der Waals surface area contributed by atoms with Gasteiger partial charge >= 0.3 is 5.97 Å². The Bertz CT molecular complexity index is 1010. The Morgan fingerprint density at radius 1 is 1.17 bits per heavy atom. The molecule has 2 amide bonds. The number of nitrogens with one attached hydrogen (secondary N) is 2. The maximum atomic E-state index is 12.6. The monoisotopic (exact) mass is 444 g/mol. The van der Waals surface area contributed by atoms with Crippen LogP contribution in [0.2, 0.25) is 0 Å². The molecule has 0 aliphatic heterocycles. The standard InChI is InChI=1S/C22H21ClN2O4S/c1-3-17(14(2)23)19-10-9-16(30-19)13-18(22(29)24-12-11-20(26)27)25-21(28)15-7-5-4-6-8-15/h3-10,13H,2,11-12H2,1H3,(H,24,29)(H,25,28)(H,26,27). The lowest BCUT2D eigenvalue weighted by molar-refractivity contribution is -0.136. The molecule has 0 saturated carbocycles. The lowest BCUT2D eigenvalue weighted by atomic mass is 10.2. The van der Waals surface area contributed by atoms with Gasteiger partial charge in [0.05, 0.1) is 6.42 Å². The third kappa shape index (κ3) is 6.72. The summed E-state index contributed by atoms with van der Waals surface area (Å²) in [5, 5.41) is 14.3. The van der Waals surface area contributed by atoms with E-state index in [0.717, 1.165) is 10.5 Å². The van der Waals surface area contributed by atoms with Crippen molar-refractivity contribution in [2.24, 2.45) is 0 Å². The van der Waals surface area contributed by atoms with E-state index in [4.69, 9.17) is 16.7 Å². The zero-order chi connectivity index (χ0) is 22.1. The second-order valence-electron chi connectivity index (χ2n) is 6.09. The number of carboxylic acid groups (broad SMARTS) is 1. The molecule has 0 fully saturated rings. The van der Waals surface area contributed by atoms with Crippen LogP contribution >= 0.6 is 22.9 Å². The fourth-order valence-electron chi connectivity index (χ4n) is 2.47. The van der Waals surface area contributed by atoms with Crippen molar-refractivity contribution < 1.29 is 19.5 Å². The molecule has 0 aliphatic carbocycles. The number of hydrogen-bond donors (Lipinski definition) is 3. The third-order valence-electron chi connectivity index (χ3n) is 3.91. The summed E-state index contributed by atoms with van der Waals surface area (Å²) in [6, 6.07) is 12.1. The van der Waals surface area contributed by atoms with Crippen LogP contribution in [0.4, 0.5) is 0 Å². The van der Waals surface area contributed by atoms with Gasteiger partial charge in [-0.2, -0.15) is 0 Å². The summed E-state index contributed by atoms with van der Waals surface area (Å²) in [6.07, 6.45) is 3.15. The van der Waals surface area contributed by atoms with Gasteiger partial charge in [0.15, 0.2) is 0 Å². The van der Waals surface area contributed by atoms with Crippen LogP contribution in [0, 0.1) is 0 Å². The summed E-state index contributed by atoms with van der Waals surface area (Å²) in [4.78, 5) is 37.4. The van der Waals surface area contributed by atoms with Crippen molar-refractivity contribution in [2.45, 2.75) is 13.3 Å². The number of carbonyl (C=O) groups excluding carboxylic acids is 2. The van der Waals surface area contributed by atoms with Crippen molar-refractivity contribution in [2.75, 3.05) is 6.54 Å². The fraction of sp³-hybridized carbons (Fsp3) is 0.136. The van der Waals surface area contributed by atoms with Gasteiger partial charge in [-0.05, 0) is 37.3 Å². The second-order valence-corrected chi connectivity index (χ2v) is 7.66. The first kappa shape index (κ1) is 23.1. The number of allylic oxidation sites excluding steroid dienone is 3. The minimum absolute atomic E-state index is 0.00868. The van der Waals surface area contributed by atoms with Gasteiger partial charge in [-0.25, -0.2) is 0 Å². The molecule has 8 heteroatoms. The highest BCUT2D eigenvalue weighted by Crippen LogP contribution is 2.31. The van der Waals surface area contributed by atoms with Crippen molar-refractivity contribution in [3.63, 3.8) is 0 Å². The highest BCUT2D eigenvalue weighted by atomic mass is 35.5. The van der Waals surface area contributed by atoms with Gasteiger partial charge in [0.2, 0.25) is 0 Å². The Morgan fingerprint density at radius 3 is 2.47 bits per heavy atom. The molecule has 6 nitrogen and oxygen atoms in total. The molecular formula is C22H21ClN2O4S. The first-order valence-electron chi connectivity index (χ1n) is 9.01. The minimum Gasteiger partial charge on any atom is -0.481 e. The van der Waals surface area contributed by atoms with Crippen molar-refractivity contribution in [1.82, 2.24) is 10.6 Å². The molecule has 30 heavy (non-hydrogen) atoms. The molecule has 2 rings (SSSR count). The smallest absolute Gasteiger partial charge is 0.305 e. The lowest BCUT2D eigenvalue weighted by Crippen LogP contribution is -2.35. The third-order valence-corrected chi connectivity index (χ3v) is 5.18. The van der Waals surface area contributed by atoms with Crippen molar-refractivity contribution >= 4 is 52.4 Å². The highest BCUT2D eigenvalue weighted by Gasteiger charge is 2.16. The van der Waals surface area contributed by atoms with Gasteiger partial charge in [0.25, 0.3) is 11.8 Å². The molecule has 0 saturated heterocycles. The van der Waals surface area contributed by atoms with E-state index in [9.17, 15) is 14.4 Å². The Balaban J connectivity index is 2.29. The number of hydrogen-bond acceptors (Lipinski definition) is 4. The topological polar surface area (TPSA) is 95.5 Å². The van der Waals surface area contributed by atoms with Crippen molar-refractivity contribution in [1.29, 1.82) is 0 Å². The number of rotatable bonds is 9.